The highest BCUT2D eigenvalue weighted by Gasteiger charge is 2.17. The third kappa shape index (κ3) is 3.89. The van der Waals surface area contributed by atoms with Gasteiger partial charge in [-0.2, -0.15) is 5.10 Å². The summed E-state index contributed by atoms with van der Waals surface area (Å²) in [5.41, 5.74) is 0.639. The van der Waals surface area contributed by atoms with Crippen LogP contribution in [0.2, 0.25) is 0 Å². The van der Waals surface area contributed by atoms with Gasteiger partial charge in [0.05, 0.1) is 4.92 Å². The zero-order chi connectivity index (χ0) is 18.7. The molecule has 2 aromatic heterocycles. The maximum atomic E-state index is 12.1. The van der Waals surface area contributed by atoms with Gasteiger partial charge in [-0.3, -0.25) is 19.6 Å². The van der Waals surface area contributed by atoms with Gasteiger partial charge in [-0.05, 0) is 30.7 Å². The highest BCUT2D eigenvalue weighted by molar-refractivity contribution is 6.01. The minimum Gasteiger partial charge on any atom is -0.479 e. The number of nitro groups is 1. The summed E-state index contributed by atoms with van der Waals surface area (Å²) in [6, 6.07) is 9.42. The van der Waals surface area contributed by atoms with E-state index in [1.807, 2.05) is 0 Å². The molecular formula is C17H16N4O5. The van der Waals surface area contributed by atoms with Crippen LogP contribution < -0.4 is 10.1 Å². The maximum absolute atomic E-state index is 12.1. The lowest BCUT2D eigenvalue weighted by atomic mass is 10.2. The minimum absolute atomic E-state index is 0.0409. The Balaban J connectivity index is 1.66. The molecule has 0 fully saturated rings. The van der Waals surface area contributed by atoms with Gasteiger partial charge >= 0.3 is 5.69 Å². The number of aryl methyl sites for hydroxylation is 2. The zero-order valence-corrected chi connectivity index (χ0v) is 14.1. The van der Waals surface area contributed by atoms with Crippen molar-refractivity contribution in [3.63, 3.8) is 0 Å². The number of furan rings is 1. The van der Waals surface area contributed by atoms with Crippen LogP contribution in [-0.2, 0) is 13.7 Å². The lowest BCUT2D eigenvalue weighted by Crippen LogP contribution is -2.11. The van der Waals surface area contributed by atoms with E-state index < -0.39 is 10.8 Å². The quantitative estimate of drug-likeness (QED) is 0.536. The molecule has 1 aromatic carbocycles. The number of benzene rings is 1. The Labute approximate surface area is 148 Å². The molecule has 0 aliphatic rings. The summed E-state index contributed by atoms with van der Waals surface area (Å²) in [5, 5.41) is 17.7. The normalized spacial score (nSPS) is 10.5. The Kier molecular flexibility index (Phi) is 4.70. The molecule has 0 saturated carbocycles. The van der Waals surface area contributed by atoms with E-state index in [0.717, 1.165) is 5.56 Å². The van der Waals surface area contributed by atoms with Gasteiger partial charge in [-0.1, -0.05) is 6.07 Å². The van der Waals surface area contributed by atoms with E-state index in [4.69, 9.17) is 9.15 Å². The lowest BCUT2D eigenvalue weighted by molar-refractivity contribution is -0.386. The van der Waals surface area contributed by atoms with Crippen LogP contribution in [0.15, 0.2) is 47.0 Å². The second kappa shape index (κ2) is 7.09. The van der Waals surface area contributed by atoms with Crippen LogP contribution in [-0.4, -0.2) is 20.6 Å². The molecule has 3 aromatic rings. The van der Waals surface area contributed by atoms with Gasteiger partial charge in [0.1, 0.15) is 12.4 Å². The number of rotatable bonds is 6. The van der Waals surface area contributed by atoms with E-state index >= 15 is 0 Å². The van der Waals surface area contributed by atoms with Crippen molar-refractivity contribution in [2.45, 2.75) is 13.5 Å². The van der Waals surface area contributed by atoms with Crippen LogP contribution in [0.25, 0.3) is 0 Å². The molecule has 0 radical (unpaired) electrons. The molecule has 0 spiro atoms. The van der Waals surface area contributed by atoms with Crippen molar-refractivity contribution < 1.29 is 18.9 Å². The van der Waals surface area contributed by atoms with Crippen LogP contribution in [0.5, 0.6) is 5.75 Å². The van der Waals surface area contributed by atoms with Crippen molar-refractivity contribution >= 4 is 17.4 Å². The van der Waals surface area contributed by atoms with Crippen molar-refractivity contribution in [1.29, 1.82) is 0 Å². The highest BCUT2D eigenvalue weighted by Crippen LogP contribution is 2.28. The van der Waals surface area contributed by atoms with Crippen molar-refractivity contribution in [3.05, 3.63) is 69.8 Å². The zero-order valence-electron chi connectivity index (χ0n) is 14.1. The molecule has 0 aliphatic carbocycles. The first-order valence-corrected chi connectivity index (χ1v) is 7.70. The number of carbonyl (C=O) groups excluding carboxylic acids is 1. The van der Waals surface area contributed by atoms with Crippen LogP contribution in [0.3, 0.4) is 0 Å². The fraction of sp³-hybridized carbons (Fsp3) is 0.176. The third-order valence-electron chi connectivity index (χ3n) is 3.52. The molecule has 1 amide bonds. The van der Waals surface area contributed by atoms with Gasteiger partial charge in [0.15, 0.2) is 17.3 Å². The number of nitrogens with zero attached hydrogens (tertiary/aromatic N) is 3. The Morgan fingerprint density at radius 1 is 1.35 bits per heavy atom. The molecule has 134 valence electrons. The van der Waals surface area contributed by atoms with Crippen molar-refractivity contribution in [1.82, 2.24) is 9.78 Å². The van der Waals surface area contributed by atoms with Gasteiger partial charge < -0.3 is 14.5 Å². The molecule has 9 heteroatoms. The SMILES string of the molecule is Cc1ccc(OCc2ccc(C(=O)Nc3ccn(C)n3)o2)c([N+](=O)[O-])c1. The van der Waals surface area contributed by atoms with Crippen LogP contribution in [0.4, 0.5) is 11.5 Å². The first-order valence-electron chi connectivity index (χ1n) is 7.70. The fourth-order valence-corrected chi connectivity index (χ4v) is 2.28. The molecule has 9 nitrogen and oxygen atoms in total. The number of hydrogen-bond donors (Lipinski definition) is 1. The molecule has 0 aliphatic heterocycles. The molecule has 0 saturated heterocycles. The van der Waals surface area contributed by atoms with Crippen LogP contribution in [0.1, 0.15) is 21.9 Å². The third-order valence-corrected chi connectivity index (χ3v) is 3.52. The number of amides is 1. The number of hydrogen-bond acceptors (Lipinski definition) is 6. The summed E-state index contributed by atoms with van der Waals surface area (Å²) in [6.45, 7) is 1.72. The Hall–Kier alpha value is -3.62. The molecule has 26 heavy (non-hydrogen) atoms. The summed E-state index contributed by atoms with van der Waals surface area (Å²) in [6.07, 6.45) is 1.70. The molecular weight excluding hydrogens is 340 g/mol. The average Bonchev–Trinajstić information content (AvgIpc) is 3.22. The largest absolute Gasteiger partial charge is 0.479 e. The number of carbonyl (C=O) groups is 1. The standard InChI is InChI=1S/C17H16N4O5/c1-11-3-5-14(13(9-11)21(23)24)25-10-12-4-6-15(26-12)17(22)18-16-7-8-20(2)19-16/h3-9H,10H2,1-2H3,(H,18,19,22). The second-order valence-corrected chi connectivity index (χ2v) is 5.61. The first kappa shape index (κ1) is 17.2. The van der Waals surface area contributed by atoms with Crippen LogP contribution >= 0.6 is 0 Å². The maximum Gasteiger partial charge on any atom is 0.311 e. The van der Waals surface area contributed by atoms with Crippen LogP contribution in [0, 0.1) is 17.0 Å². The molecule has 2 heterocycles. The number of anilines is 1. The smallest absolute Gasteiger partial charge is 0.311 e. The topological polar surface area (TPSA) is 112 Å². The molecule has 3 rings (SSSR count). The van der Waals surface area contributed by atoms with E-state index in [9.17, 15) is 14.9 Å². The van der Waals surface area contributed by atoms with E-state index in [2.05, 4.69) is 10.4 Å². The van der Waals surface area contributed by atoms with E-state index in [1.54, 1.807) is 43.0 Å². The monoisotopic (exact) mass is 356 g/mol. The van der Waals surface area contributed by atoms with Gasteiger partial charge in [0.25, 0.3) is 5.91 Å². The van der Waals surface area contributed by atoms with Crippen molar-refractivity contribution in [2.24, 2.45) is 7.05 Å². The summed E-state index contributed by atoms with van der Waals surface area (Å²) in [4.78, 5) is 22.7. The van der Waals surface area contributed by atoms with Gasteiger partial charge in [-0.15, -0.1) is 0 Å². The average molecular weight is 356 g/mol. The van der Waals surface area contributed by atoms with E-state index in [1.165, 1.54) is 18.2 Å². The molecule has 0 bridgehead atoms. The van der Waals surface area contributed by atoms with Gasteiger partial charge in [-0.25, -0.2) is 0 Å². The summed E-state index contributed by atoms with van der Waals surface area (Å²) >= 11 is 0. The van der Waals surface area contributed by atoms with E-state index in [-0.39, 0.29) is 23.8 Å². The first-order chi connectivity index (χ1) is 12.4. The van der Waals surface area contributed by atoms with E-state index in [0.29, 0.717) is 11.6 Å². The minimum atomic E-state index is -0.504. The van der Waals surface area contributed by atoms with Gasteiger partial charge in [0, 0.05) is 25.4 Å². The predicted octanol–water partition coefficient (Wildman–Crippen LogP) is 3.06. The van der Waals surface area contributed by atoms with Crippen molar-refractivity contribution in [3.8, 4) is 5.75 Å². The Bertz CT molecular complexity index is 960. The summed E-state index contributed by atoms with van der Waals surface area (Å²) in [7, 11) is 1.74. The fourth-order valence-electron chi connectivity index (χ4n) is 2.28. The second-order valence-electron chi connectivity index (χ2n) is 5.61. The molecule has 0 atom stereocenters. The lowest BCUT2D eigenvalue weighted by Gasteiger charge is -2.05. The Morgan fingerprint density at radius 3 is 2.85 bits per heavy atom. The predicted molar refractivity (Wildman–Crippen MR) is 92.0 cm³/mol. The molecule has 0 unspecified atom stereocenters. The molecule has 1 N–H and O–H groups in total. The van der Waals surface area contributed by atoms with Gasteiger partial charge in [0.2, 0.25) is 0 Å². The Morgan fingerprint density at radius 2 is 2.15 bits per heavy atom. The van der Waals surface area contributed by atoms with Crippen molar-refractivity contribution in [2.75, 3.05) is 5.32 Å². The summed E-state index contributed by atoms with van der Waals surface area (Å²) < 4.78 is 12.5. The number of nitrogens with one attached hydrogen (secondary N) is 1. The number of aromatic nitrogens is 2. The highest BCUT2D eigenvalue weighted by atomic mass is 16.6. The summed E-state index contributed by atoms with van der Waals surface area (Å²) in [5.74, 6) is 0.549. The number of ether oxygens (including phenoxy) is 1. The number of nitro benzene ring substituents is 1.